The number of rotatable bonds is 2. The van der Waals surface area contributed by atoms with Crippen LogP contribution >= 0.6 is 0 Å². The zero-order chi connectivity index (χ0) is 14.0. The number of aryl methyl sites for hydroxylation is 1. The lowest BCUT2D eigenvalue weighted by molar-refractivity contribution is 0.311. The minimum atomic E-state index is 0.0141. The highest BCUT2D eigenvalue weighted by molar-refractivity contribution is 5.45. The Hall–Kier alpha value is -1.36. The third-order valence-corrected chi connectivity index (χ3v) is 3.13. The standard InChI is InChI=1S/C14H25N5/c1-11-10-12(17-14(2,3)4)16-13(15-11)19-8-6-18(5)7-9-19/h10H,6-9H2,1-5H3,(H,15,16,17). The average Bonchev–Trinajstić information content (AvgIpc) is 2.26. The van der Waals surface area contributed by atoms with Crippen LogP contribution in [0.3, 0.4) is 0 Å². The Bertz CT molecular complexity index is 430. The van der Waals surface area contributed by atoms with E-state index in [0.717, 1.165) is 43.6 Å². The third-order valence-electron chi connectivity index (χ3n) is 3.13. The van der Waals surface area contributed by atoms with Crippen LogP contribution in [0, 0.1) is 6.92 Å². The van der Waals surface area contributed by atoms with Gasteiger partial charge in [0.25, 0.3) is 0 Å². The van der Waals surface area contributed by atoms with Gasteiger partial charge in [-0.3, -0.25) is 0 Å². The van der Waals surface area contributed by atoms with Crippen molar-refractivity contribution in [2.45, 2.75) is 33.2 Å². The molecule has 1 saturated heterocycles. The first kappa shape index (κ1) is 14.1. The number of hydrogen-bond acceptors (Lipinski definition) is 5. The summed E-state index contributed by atoms with van der Waals surface area (Å²) in [6.07, 6.45) is 0. The molecule has 0 radical (unpaired) electrons. The van der Waals surface area contributed by atoms with Crippen LogP contribution in [0.25, 0.3) is 0 Å². The van der Waals surface area contributed by atoms with Crippen LogP contribution in [-0.2, 0) is 0 Å². The molecule has 0 aliphatic carbocycles. The normalized spacial score (nSPS) is 17.6. The summed E-state index contributed by atoms with van der Waals surface area (Å²) in [5.74, 6) is 1.76. The molecule has 0 atom stereocenters. The maximum Gasteiger partial charge on any atom is 0.227 e. The summed E-state index contributed by atoms with van der Waals surface area (Å²) in [6.45, 7) is 12.6. The minimum Gasteiger partial charge on any atom is -0.365 e. The van der Waals surface area contributed by atoms with Crippen molar-refractivity contribution >= 4 is 11.8 Å². The molecule has 1 aromatic heterocycles. The maximum absolute atomic E-state index is 4.65. The second-order valence-electron chi connectivity index (χ2n) is 6.36. The molecule has 1 N–H and O–H groups in total. The van der Waals surface area contributed by atoms with E-state index in [1.807, 2.05) is 13.0 Å². The van der Waals surface area contributed by atoms with E-state index in [1.165, 1.54) is 0 Å². The molecule has 1 aromatic rings. The lowest BCUT2D eigenvalue weighted by Crippen LogP contribution is -2.45. The molecule has 0 bridgehead atoms. The zero-order valence-corrected chi connectivity index (χ0v) is 12.7. The highest BCUT2D eigenvalue weighted by Gasteiger charge is 2.18. The van der Waals surface area contributed by atoms with E-state index in [1.54, 1.807) is 0 Å². The van der Waals surface area contributed by atoms with Gasteiger partial charge in [0, 0.05) is 43.5 Å². The van der Waals surface area contributed by atoms with Crippen molar-refractivity contribution in [3.8, 4) is 0 Å². The van der Waals surface area contributed by atoms with Crippen LogP contribution in [0.5, 0.6) is 0 Å². The first-order valence-electron chi connectivity index (χ1n) is 6.91. The first-order valence-corrected chi connectivity index (χ1v) is 6.91. The van der Waals surface area contributed by atoms with Gasteiger partial charge in [-0.15, -0.1) is 0 Å². The van der Waals surface area contributed by atoms with E-state index in [9.17, 15) is 0 Å². The number of aromatic nitrogens is 2. The molecular formula is C14H25N5. The molecule has 106 valence electrons. The predicted octanol–water partition coefficient (Wildman–Crippen LogP) is 1.75. The molecule has 0 spiro atoms. The van der Waals surface area contributed by atoms with Gasteiger partial charge in [-0.1, -0.05) is 0 Å². The van der Waals surface area contributed by atoms with E-state index in [-0.39, 0.29) is 5.54 Å². The van der Waals surface area contributed by atoms with Crippen LogP contribution < -0.4 is 10.2 Å². The quantitative estimate of drug-likeness (QED) is 0.880. The molecule has 0 aromatic carbocycles. The number of piperazine rings is 1. The molecule has 2 rings (SSSR count). The van der Waals surface area contributed by atoms with Crippen LogP contribution in [0.4, 0.5) is 11.8 Å². The number of anilines is 2. The van der Waals surface area contributed by atoms with E-state index < -0.39 is 0 Å². The topological polar surface area (TPSA) is 44.3 Å². The van der Waals surface area contributed by atoms with E-state index in [0.29, 0.717) is 0 Å². The van der Waals surface area contributed by atoms with Gasteiger partial charge in [-0.25, -0.2) is 4.98 Å². The van der Waals surface area contributed by atoms with Gasteiger partial charge < -0.3 is 15.1 Å². The second kappa shape index (κ2) is 5.33. The number of hydrogen-bond donors (Lipinski definition) is 1. The molecule has 0 amide bonds. The third kappa shape index (κ3) is 4.06. The van der Waals surface area contributed by atoms with E-state index in [4.69, 9.17) is 0 Å². The van der Waals surface area contributed by atoms with Gasteiger partial charge >= 0.3 is 0 Å². The molecule has 2 heterocycles. The number of nitrogens with one attached hydrogen (secondary N) is 1. The monoisotopic (exact) mass is 263 g/mol. The second-order valence-corrected chi connectivity index (χ2v) is 6.36. The Labute approximate surface area is 116 Å². The molecule has 1 fully saturated rings. The Morgan fingerprint density at radius 3 is 2.32 bits per heavy atom. The van der Waals surface area contributed by atoms with Gasteiger partial charge in [0.1, 0.15) is 5.82 Å². The Balaban J connectivity index is 2.17. The molecule has 1 aliphatic heterocycles. The fourth-order valence-corrected chi connectivity index (χ4v) is 2.15. The lowest BCUT2D eigenvalue weighted by atomic mass is 10.1. The van der Waals surface area contributed by atoms with Gasteiger partial charge in [0.15, 0.2) is 0 Å². The van der Waals surface area contributed by atoms with E-state index >= 15 is 0 Å². The smallest absolute Gasteiger partial charge is 0.227 e. The van der Waals surface area contributed by atoms with Crippen LogP contribution in [0.15, 0.2) is 6.07 Å². The molecule has 5 nitrogen and oxygen atoms in total. The van der Waals surface area contributed by atoms with Crippen molar-refractivity contribution in [2.24, 2.45) is 0 Å². The highest BCUT2D eigenvalue weighted by atomic mass is 15.3. The lowest BCUT2D eigenvalue weighted by Gasteiger charge is -2.33. The van der Waals surface area contributed by atoms with Gasteiger partial charge in [0.05, 0.1) is 0 Å². The van der Waals surface area contributed by atoms with Crippen LogP contribution in [-0.4, -0.2) is 53.6 Å². The highest BCUT2D eigenvalue weighted by Crippen LogP contribution is 2.18. The summed E-state index contributed by atoms with van der Waals surface area (Å²) in [7, 11) is 2.15. The molecular weight excluding hydrogens is 238 g/mol. The predicted molar refractivity (Wildman–Crippen MR) is 79.9 cm³/mol. The van der Waals surface area contributed by atoms with Crippen LogP contribution in [0.1, 0.15) is 26.5 Å². The molecule has 5 heteroatoms. The SMILES string of the molecule is Cc1cc(NC(C)(C)C)nc(N2CCN(C)CC2)n1. The van der Waals surface area contributed by atoms with E-state index in [2.05, 4.69) is 52.9 Å². The van der Waals surface area contributed by atoms with Crippen molar-refractivity contribution in [1.82, 2.24) is 14.9 Å². The minimum absolute atomic E-state index is 0.0141. The Morgan fingerprint density at radius 1 is 1.11 bits per heavy atom. The van der Waals surface area contributed by atoms with Crippen molar-refractivity contribution in [3.05, 3.63) is 11.8 Å². The summed E-state index contributed by atoms with van der Waals surface area (Å²) < 4.78 is 0. The van der Waals surface area contributed by atoms with Crippen LogP contribution in [0.2, 0.25) is 0 Å². The fraction of sp³-hybridized carbons (Fsp3) is 0.714. The largest absolute Gasteiger partial charge is 0.365 e. The van der Waals surface area contributed by atoms with Crippen molar-refractivity contribution in [2.75, 3.05) is 43.4 Å². The van der Waals surface area contributed by atoms with Crippen molar-refractivity contribution in [1.29, 1.82) is 0 Å². The summed E-state index contributed by atoms with van der Waals surface area (Å²) in [4.78, 5) is 13.8. The Kier molecular flexibility index (Phi) is 3.94. The summed E-state index contributed by atoms with van der Waals surface area (Å²) in [6, 6.07) is 2.00. The fourth-order valence-electron chi connectivity index (χ4n) is 2.15. The number of likely N-dealkylation sites (N-methyl/N-ethyl adjacent to an activating group) is 1. The summed E-state index contributed by atoms with van der Waals surface area (Å²) in [5.41, 5.74) is 1.02. The van der Waals surface area contributed by atoms with Gasteiger partial charge in [-0.2, -0.15) is 4.98 Å². The molecule has 0 saturated carbocycles. The van der Waals surface area contributed by atoms with Crippen molar-refractivity contribution in [3.63, 3.8) is 0 Å². The molecule has 19 heavy (non-hydrogen) atoms. The average molecular weight is 263 g/mol. The van der Waals surface area contributed by atoms with Gasteiger partial charge in [0.2, 0.25) is 5.95 Å². The Morgan fingerprint density at radius 2 is 1.74 bits per heavy atom. The van der Waals surface area contributed by atoms with Crippen molar-refractivity contribution < 1.29 is 0 Å². The number of nitrogens with zero attached hydrogens (tertiary/aromatic N) is 4. The summed E-state index contributed by atoms with van der Waals surface area (Å²) >= 11 is 0. The molecule has 0 unspecified atom stereocenters. The maximum atomic E-state index is 4.65. The molecule has 1 aliphatic rings. The zero-order valence-electron chi connectivity index (χ0n) is 12.7. The summed E-state index contributed by atoms with van der Waals surface area (Å²) in [5, 5.41) is 3.42. The first-order chi connectivity index (χ1) is 8.83. The van der Waals surface area contributed by atoms with Gasteiger partial charge in [-0.05, 0) is 34.7 Å².